The maximum absolute atomic E-state index is 13.7. The molecule has 0 fully saturated rings. The molecule has 144 valence electrons. The number of carbonyl (C=O) groups is 2. The minimum atomic E-state index is -4.67. The van der Waals surface area contributed by atoms with Crippen LogP contribution in [0.2, 0.25) is 0 Å². The number of hydrogen-bond donors (Lipinski definition) is 4. The molecular formula is C17H15F4N3O3. The standard InChI is InChI=1S/C17H15F4N3O3/c1-9(10-2-4-11(5-3-10)15(25)24-27)22-16(26)23-14-8-12(17(19,20)21)6-7-13(14)18/h2-9,27H,1H3,(H,24,25)(H2,22,23,26). The fraction of sp³-hybridized carbons (Fsp3) is 0.176. The smallest absolute Gasteiger partial charge is 0.331 e. The van der Waals surface area contributed by atoms with E-state index in [9.17, 15) is 27.2 Å². The molecular weight excluding hydrogens is 370 g/mol. The van der Waals surface area contributed by atoms with Crippen molar-refractivity contribution in [1.29, 1.82) is 0 Å². The van der Waals surface area contributed by atoms with Gasteiger partial charge in [0.1, 0.15) is 5.82 Å². The normalized spacial score (nSPS) is 12.2. The van der Waals surface area contributed by atoms with Crippen molar-refractivity contribution >= 4 is 17.6 Å². The van der Waals surface area contributed by atoms with E-state index in [0.717, 1.165) is 0 Å². The van der Waals surface area contributed by atoms with Crippen molar-refractivity contribution in [2.75, 3.05) is 5.32 Å². The van der Waals surface area contributed by atoms with Crippen molar-refractivity contribution in [2.45, 2.75) is 19.1 Å². The van der Waals surface area contributed by atoms with Gasteiger partial charge in [-0.15, -0.1) is 0 Å². The summed E-state index contributed by atoms with van der Waals surface area (Å²) in [5, 5.41) is 13.0. The van der Waals surface area contributed by atoms with Crippen molar-refractivity contribution in [3.8, 4) is 0 Å². The van der Waals surface area contributed by atoms with Crippen molar-refractivity contribution in [2.24, 2.45) is 0 Å². The molecule has 0 heterocycles. The zero-order chi connectivity index (χ0) is 20.2. The van der Waals surface area contributed by atoms with Crippen LogP contribution in [0.3, 0.4) is 0 Å². The van der Waals surface area contributed by atoms with Crippen LogP contribution >= 0.6 is 0 Å². The Kier molecular flexibility index (Phi) is 6.01. The summed E-state index contributed by atoms with van der Waals surface area (Å²) in [6, 6.07) is 6.04. The van der Waals surface area contributed by atoms with Gasteiger partial charge in [0.25, 0.3) is 5.91 Å². The fourth-order valence-corrected chi connectivity index (χ4v) is 2.22. The minimum absolute atomic E-state index is 0.184. The number of urea groups is 1. The van der Waals surface area contributed by atoms with Crippen LogP contribution in [0.5, 0.6) is 0 Å². The van der Waals surface area contributed by atoms with E-state index in [1.54, 1.807) is 6.92 Å². The first-order chi connectivity index (χ1) is 12.6. The lowest BCUT2D eigenvalue weighted by molar-refractivity contribution is -0.137. The van der Waals surface area contributed by atoms with E-state index in [2.05, 4.69) is 5.32 Å². The second-order valence-electron chi connectivity index (χ2n) is 5.58. The highest BCUT2D eigenvalue weighted by Crippen LogP contribution is 2.31. The fourth-order valence-electron chi connectivity index (χ4n) is 2.22. The van der Waals surface area contributed by atoms with Crippen LogP contribution in [0.4, 0.5) is 28.0 Å². The van der Waals surface area contributed by atoms with Crippen LogP contribution in [0.1, 0.15) is 34.5 Å². The lowest BCUT2D eigenvalue weighted by Gasteiger charge is -2.16. The molecule has 1 unspecified atom stereocenters. The number of halogens is 4. The zero-order valence-corrected chi connectivity index (χ0v) is 13.9. The first kappa shape index (κ1) is 20.2. The van der Waals surface area contributed by atoms with Gasteiger partial charge in [-0.25, -0.2) is 14.7 Å². The van der Waals surface area contributed by atoms with Crippen LogP contribution < -0.4 is 16.1 Å². The molecule has 0 aliphatic rings. The molecule has 0 aliphatic carbocycles. The van der Waals surface area contributed by atoms with E-state index in [1.165, 1.54) is 29.7 Å². The minimum Gasteiger partial charge on any atom is -0.331 e. The Morgan fingerprint density at radius 1 is 1.07 bits per heavy atom. The lowest BCUT2D eigenvalue weighted by atomic mass is 10.1. The number of hydroxylamine groups is 1. The van der Waals surface area contributed by atoms with Crippen molar-refractivity contribution in [3.63, 3.8) is 0 Å². The van der Waals surface area contributed by atoms with Gasteiger partial charge in [0.05, 0.1) is 17.3 Å². The number of benzene rings is 2. The summed E-state index contributed by atoms with van der Waals surface area (Å²) < 4.78 is 51.7. The maximum atomic E-state index is 13.7. The van der Waals surface area contributed by atoms with Crippen molar-refractivity contribution < 1.29 is 32.4 Å². The average molecular weight is 385 g/mol. The average Bonchev–Trinajstić information content (AvgIpc) is 2.62. The second-order valence-corrected chi connectivity index (χ2v) is 5.58. The topological polar surface area (TPSA) is 90.5 Å². The molecule has 0 saturated heterocycles. The summed E-state index contributed by atoms with van der Waals surface area (Å²) in [5.74, 6) is -1.72. The van der Waals surface area contributed by atoms with E-state index in [0.29, 0.717) is 23.8 Å². The Balaban J connectivity index is 2.06. The number of amides is 3. The number of anilines is 1. The summed E-state index contributed by atoms with van der Waals surface area (Å²) in [5.41, 5.74) is 0.534. The Morgan fingerprint density at radius 2 is 1.70 bits per heavy atom. The third-order valence-corrected chi connectivity index (χ3v) is 3.66. The molecule has 6 nitrogen and oxygen atoms in total. The highest BCUT2D eigenvalue weighted by atomic mass is 19.4. The third kappa shape index (κ3) is 5.17. The first-order valence-electron chi connectivity index (χ1n) is 7.60. The van der Waals surface area contributed by atoms with Crippen LogP contribution in [0.25, 0.3) is 0 Å². The number of hydrogen-bond acceptors (Lipinski definition) is 3. The molecule has 0 saturated carbocycles. The summed E-state index contributed by atoms with van der Waals surface area (Å²) in [4.78, 5) is 23.2. The quantitative estimate of drug-likeness (QED) is 0.366. The molecule has 0 spiro atoms. The number of carbonyl (C=O) groups excluding carboxylic acids is 2. The van der Waals surface area contributed by atoms with Gasteiger partial charge in [0, 0.05) is 5.56 Å². The Bertz CT molecular complexity index is 838. The molecule has 27 heavy (non-hydrogen) atoms. The predicted octanol–water partition coefficient (Wildman–Crippen LogP) is 3.85. The first-order valence-corrected chi connectivity index (χ1v) is 7.60. The number of rotatable bonds is 4. The second kappa shape index (κ2) is 8.04. The van der Waals surface area contributed by atoms with E-state index in [1.807, 2.05) is 5.32 Å². The molecule has 10 heteroatoms. The molecule has 4 N–H and O–H groups in total. The van der Waals surface area contributed by atoms with Gasteiger partial charge >= 0.3 is 12.2 Å². The Labute approximate surface area is 151 Å². The van der Waals surface area contributed by atoms with E-state index < -0.39 is 41.2 Å². The molecule has 0 aromatic heterocycles. The molecule has 2 rings (SSSR count). The summed E-state index contributed by atoms with van der Waals surface area (Å²) in [6.45, 7) is 1.59. The predicted molar refractivity (Wildman–Crippen MR) is 87.7 cm³/mol. The van der Waals surface area contributed by atoms with Crippen LogP contribution in [0, 0.1) is 5.82 Å². The van der Waals surface area contributed by atoms with Crippen molar-refractivity contribution in [1.82, 2.24) is 10.8 Å². The summed E-state index contributed by atoms with van der Waals surface area (Å²) in [7, 11) is 0. The SMILES string of the molecule is CC(NC(=O)Nc1cc(C(F)(F)F)ccc1F)c1ccc(C(=O)NO)cc1. The van der Waals surface area contributed by atoms with Crippen molar-refractivity contribution in [3.05, 3.63) is 65.0 Å². The molecule has 1 atom stereocenters. The lowest BCUT2D eigenvalue weighted by Crippen LogP contribution is -2.31. The highest BCUT2D eigenvalue weighted by Gasteiger charge is 2.31. The zero-order valence-electron chi connectivity index (χ0n) is 13.9. The summed E-state index contributed by atoms with van der Waals surface area (Å²) >= 11 is 0. The van der Waals surface area contributed by atoms with Gasteiger partial charge < -0.3 is 10.6 Å². The Morgan fingerprint density at radius 3 is 2.26 bits per heavy atom. The molecule has 0 bridgehead atoms. The van der Waals surface area contributed by atoms with Gasteiger partial charge in [0.2, 0.25) is 0 Å². The molecule has 0 radical (unpaired) electrons. The molecule has 0 aliphatic heterocycles. The largest absolute Gasteiger partial charge is 0.416 e. The molecule has 2 aromatic carbocycles. The van der Waals surface area contributed by atoms with Gasteiger partial charge in [-0.2, -0.15) is 13.2 Å². The maximum Gasteiger partial charge on any atom is 0.416 e. The number of alkyl halides is 3. The van der Waals surface area contributed by atoms with E-state index in [-0.39, 0.29) is 5.56 Å². The Hall–Kier alpha value is -3.14. The molecule has 2 aromatic rings. The third-order valence-electron chi connectivity index (χ3n) is 3.66. The molecule has 3 amide bonds. The van der Waals surface area contributed by atoms with E-state index >= 15 is 0 Å². The van der Waals surface area contributed by atoms with Crippen LogP contribution in [0.15, 0.2) is 42.5 Å². The summed E-state index contributed by atoms with van der Waals surface area (Å²) in [6.07, 6.45) is -4.67. The van der Waals surface area contributed by atoms with E-state index in [4.69, 9.17) is 5.21 Å². The van der Waals surface area contributed by atoms with Crippen LogP contribution in [-0.4, -0.2) is 17.1 Å². The van der Waals surface area contributed by atoms with Gasteiger partial charge in [0.15, 0.2) is 0 Å². The van der Waals surface area contributed by atoms with Gasteiger partial charge in [-0.1, -0.05) is 12.1 Å². The highest BCUT2D eigenvalue weighted by molar-refractivity contribution is 5.93. The van der Waals surface area contributed by atoms with Crippen LogP contribution in [-0.2, 0) is 6.18 Å². The van der Waals surface area contributed by atoms with Gasteiger partial charge in [-0.05, 0) is 42.8 Å². The van der Waals surface area contributed by atoms with Gasteiger partial charge in [-0.3, -0.25) is 10.0 Å². The number of nitrogens with one attached hydrogen (secondary N) is 3. The monoisotopic (exact) mass is 385 g/mol.